The van der Waals surface area contributed by atoms with Gasteiger partial charge in [0, 0.05) is 37.2 Å². The van der Waals surface area contributed by atoms with E-state index in [0.29, 0.717) is 5.82 Å². The summed E-state index contributed by atoms with van der Waals surface area (Å²) in [6.45, 7) is 0. The van der Waals surface area contributed by atoms with E-state index in [1.54, 1.807) is 24.0 Å². The zero-order valence-corrected chi connectivity index (χ0v) is 10.9. The minimum absolute atomic E-state index is 0.114. The molecular formula is C8H12ClN5O2S. The maximum Gasteiger partial charge on any atom is 0.280 e. The molecule has 0 fully saturated rings. The lowest BCUT2D eigenvalue weighted by molar-refractivity contribution is 0.601. The van der Waals surface area contributed by atoms with Gasteiger partial charge in [-0.2, -0.15) is 10.2 Å². The first-order valence-corrected chi connectivity index (χ1v) is 6.79. The quantitative estimate of drug-likeness (QED) is 0.759. The van der Waals surface area contributed by atoms with Crippen molar-refractivity contribution in [3.63, 3.8) is 0 Å². The van der Waals surface area contributed by atoms with E-state index < -0.39 is 9.05 Å². The second-order valence-corrected chi connectivity index (χ2v) is 5.69. The largest absolute Gasteiger partial charge is 0.382 e. The number of aryl methyl sites for hydroxylation is 2. The molecule has 0 aliphatic carbocycles. The van der Waals surface area contributed by atoms with E-state index in [1.807, 2.05) is 7.05 Å². The lowest BCUT2D eigenvalue weighted by Crippen LogP contribution is -1.94. The first-order chi connectivity index (χ1) is 7.79. The summed E-state index contributed by atoms with van der Waals surface area (Å²) in [5.41, 5.74) is 5.25. The fourth-order valence-corrected chi connectivity index (χ4v) is 1.65. The van der Waals surface area contributed by atoms with Crippen LogP contribution in [0.3, 0.4) is 0 Å². The second-order valence-electron chi connectivity index (χ2n) is 3.18. The summed E-state index contributed by atoms with van der Waals surface area (Å²) in [5.74, 6) is 0.572. The monoisotopic (exact) mass is 277 g/mol. The molecule has 0 unspecified atom stereocenters. The van der Waals surface area contributed by atoms with Gasteiger partial charge in [0.15, 0.2) is 5.03 Å². The fourth-order valence-electron chi connectivity index (χ4n) is 0.957. The standard InChI is InChI=1S/C4H5ClN2O2S.C4H7N3/c1-7-3-2-4(6-7)10(5,8)9;1-7-3-2-4(5)6-7/h2-3H,1H3;2-3H,1H3,(H2,5,6). The third kappa shape index (κ3) is 4.45. The summed E-state index contributed by atoms with van der Waals surface area (Å²) >= 11 is 0. The Hall–Kier alpha value is -1.54. The number of rotatable bonds is 1. The molecule has 0 aromatic carbocycles. The van der Waals surface area contributed by atoms with Crippen molar-refractivity contribution in [1.82, 2.24) is 19.6 Å². The predicted octanol–water partition coefficient (Wildman–Crippen LogP) is 0.350. The number of nitrogens with zero attached hydrogens (tertiary/aromatic N) is 4. The molecule has 0 saturated carbocycles. The summed E-state index contributed by atoms with van der Waals surface area (Å²) in [4.78, 5) is 0. The fraction of sp³-hybridized carbons (Fsp3) is 0.250. The number of hydrogen-bond donors (Lipinski definition) is 1. The Bertz CT molecular complexity index is 572. The van der Waals surface area contributed by atoms with Crippen LogP contribution in [0.2, 0.25) is 0 Å². The highest BCUT2D eigenvalue weighted by atomic mass is 35.7. The van der Waals surface area contributed by atoms with Crippen LogP contribution in [0, 0.1) is 0 Å². The summed E-state index contributed by atoms with van der Waals surface area (Å²) in [6.07, 6.45) is 3.31. The predicted molar refractivity (Wildman–Crippen MR) is 63.9 cm³/mol. The molecule has 0 spiro atoms. The van der Waals surface area contributed by atoms with Crippen molar-refractivity contribution in [3.8, 4) is 0 Å². The molecule has 0 aliphatic rings. The van der Waals surface area contributed by atoms with Crippen LogP contribution in [0.4, 0.5) is 5.82 Å². The third-order valence-electron chi connectivity index (χ3n) is 1.67. The lowest BCUT2D eigenvalue weighted by atomic mass is 10.7. The number of nitrogen functional groups attached to an aromatic ring is 1. The molecule has 7 nitrogen and oxygen atoms in total. The molecule has 2 aromatic rings. The van der Waals surface area contributed by atoms with E-state index in [-0.39, 0.29) is 5.03 Å². The first kappa shape index (κ1) is 13.5. The topological polar surface area (TPSA) is 95.8 Å². The Morgan fingerprint density at radius 3 is 1.88 bits per heavy atom. The zero-order chi connectivity index (χ0) is 13.1. The number of anilines is 1. The molecular weight excluding hydrogens is 266 g/mol. The molecule has 2 rings (SSSR count). The Labute approximate surface area is 103 Å². The van der Waals surface area contributed by atoms with Crippen LogP contribution < -0.4 is 5.73 Å². The minimum atomic E-state index is -3.64. The molecule has 2 heterocycles. The highest BCUT2D eigenvalue weighted by molar-refractivity contribution is 8.13. The van der Waals surface area contributed by atoms with Gasteiger partial charge >= 0.3 is 0 Å². The van der Waals surface area contributed by atoms with Crippen LogP contribution in [0.1, 0.15) is 0 Å². The third-order valence-corrected chi connectivity index (χ3v) is 2.86. The van der Waals surface area contributed by atoms with Crippen LogP contribution in [0.25, 0.3) is 0 Å². The van der Waals surface area contributed by atoms with Crippen molar-refractivity contribution in [2.75, 3.05) is 5.73 Å². The van der Waals surface area contributed by atoms with Crippen molar-refractivity contribution in [2.24, 2.45) is 14.1 Å². The van der Waals surface area contributed by atoms with Crippen molar-refractivity contribution >= 4 is 25.6 Å². The van der Waals surface area contributed by atoms with E-state index in [1.165, 1.54) is 16.9 Å². The molecule has 0 atom stereocenters. The normalized spacial score (nSPS) is 10.8. The lowest BCUT2D eigenvalue weighted by Gasteiger charge is -1.85. The van der Waals surface area contributed by atoms with Gasteiger partial charge in [-0.3, -0.25) is 9.36 Å². The van der Waals surface area contributed by atoms with Gasteiger partial charge in [-0.25, -0.2) is 8.42 Å². The van der Waals surface area contributed by atoms with Gasteiger partial charge in [0.2, 0.25) is 0 Å². The van der Waals surface area contributed by atoms with Crippen molar-refractivity contribution in [1.29, 1.82) is 0 Å². The summed E-state index contributed by atoms with van der Waals surface area (Å²) in [6, 6.07) is 3.09. The number of halogens is 1. The molecule has 0 aliphatic heterocycles. The first-order valence-electron chi connectivity index (χ1n) is 4.48. The number of hydrogen-bond acceptors (Lipinski definition) is 5. The van der Waals surface area contributed by atoms with Gasteiger partial charge in [-0.1, -0.05) is 0 Å². The maximum absolute atomic E-state index is 10.5. The molecule has 2 aromatic heterocycles. The highest BCUT2D eigenvalue weighted by Crippen LogP contribution is 2.09. The Balaban J connectivity index is 0.000000181. The van der Waals surface area contributed by atoms with Gasteiger partial charge in [-0.15, -0.1) is 0 Å². The van der Waals surface area contributed by atoms with Gasteiger partial charge in [0.05, 0.1) is 0 Å². The molecule has 9 heteroatoms. The summed E-state index contributed by atoms with van der Waals surface area (Å²) in [7, 11) is 4.77. The van der Waals surface area contributed by atoms with E-state index in [2.05, 4.69) is 10.2 Å². The molecule has 0 amide bonds. The Kier molecular flexibility index (Phi) is 4.13. The van der Waals surface area contributed by atoms with E-state index in [4.69, 9.17) is 16.4 Å². The molecule has 0 saturated heterocycles. The Morgan fingerprint density at radius 2 is 1.71 bits per heavy atom. The maximum atomic E-state index is 10.5. The van der Waals surface area contributed by atoms with Crippen LogP contribution in [0.15, 0.2) is 29.6 Å². The second kappa shape index (κ2) is 5.19. The van der Waals surface area contributed by atoms with E-state index in [9.17, 15) is 8.42 Å². The van der Waals surface area contributed by atoms with Crippen molar-refractivity contribution in [3.05, 3.63) is 24.5 Å². The van der Waals surface area contributed by atoms with Crippen LogP contribution in [-0.2, 0) is 23.1 Å². The molecule has 0 radical (unpaired) electrons. The number of nitrogens with two attached hydrogens (primary N) is 1. The van der Waals surface area contributed by atoms with Gasteiger partial charge < -0.3 is 5.73 Å². The molecule has 17 heavy (non-hydrogen) atoms. The Morgan fingerprint density at radius 1 is 1.18 bits per heavy atom. The van der Waals surface area contributed by atoms with Crippen molar-refractivity contribution in [2.45, 2.75) is 5.03 Å². The van der Waals surface area contributed by atoms with Crippen LogP contribution >= 0.6 is 10.7 Å². The number of aromatic nitrogens is 4. The molecule has 2 N–H and O–H groups in total. The average Bonchev–Trinajstić information content (AvgIpc) is 2.75. The zero-order valence-electron chi connectivity index (χ0n) is 9.28. The SMILES string of the molecule is Cn1ccc(N)n1.Cn1ccc(S(=O)(=O)Cl)n1. The highest BCUT2D eigenvalue weighted by Gasteiger charge is 2.11. The molecule has 0 bridgehead atoms. The van der Waals surface area contributed by atoms with E-state index in [0.717, 1.165) is 0 Å². The van der Waals surface area contributed by atoms with Crippen molar-refractivity contribution < 1.29 is 8.42 Å². The van der Waals surface area contributed by atoms with Crippen LogP contribution in [0.5, 0.6) is 0 Å². The minimum Gasteiger partial charge on any atom is -0.382 e. The smallest absolute Gasteiger partial charge is 0.280 e. The average molecular weight is 278 g/mol. The summed E-state index contributed by atoms with van der Waals surface area (Å²) in [5, 5.41) is 7.27. The van der Waals surface area contributed by atoms with Crippen LogP contribution in [-0.4, -0.2) is 28.0 Å². The van der Waals surface area contributed by atoms with Gasteiger partial charge in [0.25, 0.3) is 9.05 Å². The van der Waals surface area contributed by atoms with Gasteiger partial charge in [0.1, 0.15) is 5.82 Å². The van der Waals surface area contributed by atoms with Gasteiger partial charge in [-0.05, 0) is 12.1 Å². The summed E-state index contributed by atoms with van der Waals surface area (Å²) < 4.78 is 24.1. The molecule has 94 valence electrons. The van der Waals surface area contributed by atoms with E-state index >= 15 is 0 Å².